The van der Waals surface area contributed by atoms with E-state index in [1.807, 2.05) is 19.1 Å². The van der Waals surface area contributed by atoms with Gasteiger partial charge < -0.3 is 0 Å². The van der Waals surface area contributed by atoms with Crippen LogP contribution in [0.1, 0.15) is 19.8 Å². The summed E-state index contributed by atoms with van der Waals surface area (Å²) in [6.07, 6.45) is 10.4. The van der Waals surface area contributed by atoms with E-state index in [-0.39, 0.29) is 10.5 Å². The van der Waals surface area contributed by atoms with Gasteiger partial charge in [0.05, 0.1) is 13.2 Å². The molecule has 0 radical (unpaired) electrons. The SMILES string of the molecule is C=CCOS(=O)(=O)[N+]1(CCCC)C=CC=CC1. The molecule has 0 fully saturated rings. The zero-order chi connectivity index (χ0) is 12.8. The standard InChI is InChI=1S/C12H20NO3S/c1-3-5-9-13(10-7-6-8-11-13)17(14,15)16-12-4-2/h4,6-8,10H,2-3,5,9,11-12H2,1H3/q+1. The smallest absolute Gasteiger partial charge is 0.222 e. The molecule has 0 aromatic carbocycles. The van der Waals surface area contributed by atoms with Gasteiger partial charge in [-0.1, -0.05) is 25.5 Å². The largest absolute Gasteiger partial charge is 0.440 e. The number of hydrogen-bond donors (Lipinski definition) is 0. The zero-order valence-corrected chi connectivity index (χ0v) is 11.0. The fourth-order valence-corrected chi connectivity index (χ4v) is 3.01. The lowest BCUT2D eigenvalue weighted by molar-refractivity contribution is -0.751. The number of unbranched alkanes of at least 4 members (excludes halogenated alkanes) is 1. The number of allylic oxidation sites excluding steroid dienone is 2. The normalized spacial score (nSPS) is 23.8. The summed E-state index contributed by atoms with van der Waals surface area (Å²) in [4.78, 5) is 0. The Morgan fingerprint density at radius 2 is 2.24 bits per heavy atom. The molecule has 0 saturated heterocycles. The molecule has 1 unspecified atom stereocenters. The van der Waals surface area contributed by atoms with Gasteiger partial charge in [-0.3, -0.25) is 0 Å². The van der Waals surface area contributed by atoms with Gasteiger partial charge >= 0.3 is 10.3 Å². The Bertz CT molecular complexity index is 411. The topological polar surface area (TPSA) is 43.4 Å². The van der Waals surface area contributed by atoms with E-state index in [0.717, 1.165) is 12.8 Å². The van der Waals surface area contributed by atoms with Crippen LogP contribution in [0.15, 0.2) is 37.1 Å². The second-order valence-corrected chi connectivity index (χ2v) is 5.80. The maximum Gasteiger partial charge on any atom is 0.440 e. The van der Waals surface area contributed by atoms with E-state index in [9.17, 15) is 8.42 Å². The second kappa shape index (κ2) is 6.14. The fraction of sp³-hybridized carbons (Fsp3) is 0.500. The summed E-state index contributed by atoms with van der Waals surface area (Å²) in [6.45, 7) is 6.49. The van der Waals surface area contributed by atoms with E-state index < -0.39 is 10.3 Å². The van der Waals surface area contributed by atoms with Crippen molar-refractivity contribution >= 4 is 10.3 Å². The third-order valence-corrected chi connectivity index (χ3v) is 4.47. The van der Waals surface area contributed by atoms with Crippen molar-refractivity contribution in [2.45, 2.75) is 19.8 Å². The van der Waals surface area contributed by atoms with Crippen LogP contribution in [0.4, 0.5) is 0 Å². The Morgan fingerprint density at radius 3 is 2.76 bits per heavy atom. The van der Waals surface area contributed by atoms with Crippen molar-refractivity contribution in [2.24, 2.45) is 0 Å². The van der Waals surface area contributed by atoms with E-state index >= 15 is 0 Å². The quantitative estimate of drug-likeness (QED) is 0.519. The lowest BCUT2D eigenvalue weighted by Crippen LogP contribution is -2.50. The second-order valence-electron chi connectivity index (χ2n) is 3.98. The van der Waals surface area contributed by atoms with E-state index in [4.69, 9.17) is 4.18 Å². The Morgan fingerprint density at radius 1 is 1.47 bits per heavy atom. The summed E-state index contributed by atoms with van der Waals surface area (Å²) < 4.78 is 29.2. The Labute approximate surface area is 104 Å². The number of nitrogens with zero attached hydrogens (tertiary/aromatic N) is 1. The molecular weight excluding hydrogens is 238 g/mol. The molecule has 0 saturated carbocycles. The summed E-state index contributed by atoms with van der Waals surface area (Å²) in [5, 5.41) is 0. The van der Waals surface area contributed by atoms with Gasteiger partial charge in [0.25, 0.3) is 0 Å². The molecule has 1 aliphatic rings. The first-order chi connectivity index (χ1) is 8.08. The summed E-state index contributed by atoms with van der Waals surface area (Å²) >= 11 is 0. The van der Waals surface area contributed by atoms with Crippen molar-refractivity contribution in [1.29, 1.82) is 0 Å². The van der Waals surface area contributed by atoms with Crippen LogP contribution in [0.3, 0.4) is 0 Å². The summed E-state index contributed by atoms with van der Waals surface area (Å²) in [5.41, 5.74) is 0. The van der Waals surface area contributed by atoms with E-state index in [1.165, 1.54) is 6.08 Å². The molecule has 0 spiro atoms. The summed E-state index contributed by atoms with van der Waals surface area (Å²) in [6, 6.07) is 0. The molecule has 1 rings (SSSR count). The predicted octanol–water partition coefficient (Wildman–Crippen LogP) is 2.13. The molecule has 0 amide bonds. The van der Waals surface area contributed by atoms with Crippen LogP contribution in [0.5, 0.6) is 0 Å². The zero-order valence-electron chi connectivity index (χ0n) is 10.2. The number of hydrogen-bond acceptors (Lipinski definition) is 3. The molecule has 5 heteroatoms. The lowest BCUT2D eigenvalue weighted by Gasteiger charge is -2.32. The van der Waals surface area contributed by atoms with Crippen molar-refractivity contribution in [3.8, 4) is 0 Å². The highest BCUT2D eigenvalue weighted by atomic mass is 32.2. The first-order valence-corrected chi connectivity index (χ1v) is 7.16. The Kier molecular flexibility index (Phi) is 5.11. The molecule has 0 aromatic heterocycles. The van der Waals surface area contributed by atoms with Crippen LogP contribution in [-0.4, -0.2) is 32.0 Å². The molecule has 1 aliphatic heterocycles. The van der Waals surface area contributed by atoms with Crippen molar-refractivity contribution in [1.82, 2.24) is 0 Å². The van der Waals surface area contributed by atoms with Crippen molar-refractivity contribution in [3.63, 3.8) is 0 Å². The van der Waals surface area contributed by atoms with E-state index in [0.29, 0.717) is 13.1 Å². The summed E-state index contributed by atoms with van der Waals surface area (Å²) in [7, 11) is -3.65. The maximum absolute atomic E-state index is 12.2. The minimum atomic E-state index is -3.65. The van der Waals surface area contributed by atoms with Gasteiger partial charge in [-0.25, -0.2) is 4.18 Å². The van der Waals surface area contributed by atoms with Gasteiger partial charge in [-0.05, 0) is 18.6 Å². The highest BCUT2D eigenvalue weighted by Gasteiger charge is 2.40. The van der Waals surface area contributed by atoms with Gasteiger partial charge in [0.1, 0.15) is 12.7 Å². The molecule has 17 heavy (non-hydrogen) atoms. The molecule has 0 aliphatic carbocycles. The predicted molar refractivity (Wildman–Crippen MR) is 68.3 cm³/mol. The fourth-order valence-electron chi connectivity index (χ4n) is 1.69. The van der Waals surface area contributed by atoms with Crippen LogP contribution in [-0.2, 0) is 14.5 Å². The Hall–Kier alpha value is -0.910. The molecule has 0 bridgehead atoms. The van der Waals surface area contributed by atoms with E-state index in [2.05, 4.69) is 6.58 Å². The first-order valence-electron chi connectivity index (χ1n) is 5.79. The van der Waals surface area contributed by atoms with Crippen LogP contribution < -0.4 is 0 Å². The van der Waals surface area contributed by atoms with Crippen molar-refractivity contribution < 1.29 is 16.5 Å². The van der Waals surface area contributed by atoms with Gasteiger partial charge in [-0.2, -0.15) is 3.89 Å². The molecule has 96 valence electrons. The molecule has 1 atom stereocenters. The van der Waals surface area contributed by atoms with Crippen LogP contribution in [0.2, 0.25) is 0 Å². The monoisotopic (exact) mass is 258 g/mol. The maximum atomic E-state index is 12.2. The van der Waals surface area contributed by atoms with Crippen LogP contribution >= 0.6 is 0 Å². The molecule has 0 N–H and O–H groups in total. The molecule has 0 aromatic rings. The third kappa shape index (κ3) is 3.28. The van der Waals surface area contributed by atoms with Crippen molar-refractivity contribution in [2.75, 3.05) is 19.7 Å². The minimum absolute atomic E-state index is 0.0199. The van der Waals surface area contributed by atoms with Gasteiger partial charge in [-0.15, -0.1) is 15.0 Å². The molecular formula is C12H20NO3S+. The third-order valence-electron chi connectivity index (χ3n) is 2.69. The highest BCUT2D eigenvalue weighted by Crippen LogP contribution is 2.22. The van der Waals surface area contributed by atoms with Crippen LogP contribution in [0.25, 0.3) is 0 Å². The van der Waals surface area contributed by atoms with Gasteiger partial charge in [0.15, 0.2) is 0 Å². The minimum Gasteiger partial charge on any atom is -0.222 e. The van der Waals surface area contributed by atoms with Crippen molar-refractivity contribution in [3.05, 3.63) is 37.1 Å². The Balaban J connectivity index is 2.93. The molecule has 4 nitrogen and oxygen atoms in total. The van der Waals surface area contributed by atoms with Gasteiger partial charge in [0, 0.05) is 0 Å². The van der Waals surface area contributed by atoms with E-state index in [1.54, 1.807) is 12.3 Å². The highest BCUT2D eigenvalue weighted by molar-refractivity contribution is 7.81. The first kappa shape index (κ1) is 14.2. The number of quaternary nitrogens is 1. The summed E-state index contributed by atoms with van der Waals surface area (Å²) in [5.74, 6) is 0. The lowest BCUT2D eigenvalue weighted by atomic mass is 10.3. The number of rotatable bonds is 7. The van der Waals surface area contributed by atoms with Crippen LogP contribution in [0, 0.1) is 0 Å². The van der Waals surface area contributed by atoms with Gasteiger partial charge in [0.2, 0.25) is 0 Å². The average molecular weight is 258 g/mol. The molecule has 1 heterocycles. The average Bonchev–Trinajstić information content (AvgIpc) is 2.35.